The predicted molar refractivity (Wildman–Crippen MR) is 94.6 cm³/mol. The van der Waals surface area contributed by atoms with Crippen LogP contribution in [0.15, 0.2) is 72.8 Å². The molecule has 0 fully saturated rings. The maximum Gasteiger partial charge on any atom is 0.150 e. The molecule has 0 aliphatic rings. The van der Waals surface area contributed by atoms with Crippen LogP contribution in [-0.2, 0) is 6.61 Å². The van der Waals surface area contributed by atoms with Gasteiger partial charge in [-0.1, -0.05) is 54.6 Å². The maximum absolute atomic E-state index is 11.3. The van der Waals surface area contributed by atoms with E-state index in [9.17, 15) is 4.79 Å². The van der Waals surface area contributed by atoms with Crippen LogP contribution in [-0.4, -0.2) is 13.4 Å². The fraction of sp³-hybridized carbons (Fsp3) is 0.0952. The third-order valence-electron chi connectivity index (χ3n) is 3.76. The molecule has 0 aliphatic heterocycles. The van der Waals surface area contributed by atoms with Gasteiger partial charge in [-0.05, 0) is 28.8 Å². The Bertz CT molecular complexity index is 825. The summed E-state index contributed by atoms with van der Waals surface area (Å²) in [4.78, 5) is 11.3. The average molecular weight is 318 g/mol. The Morgan fingerprint density at radius 2 is 1.58 bits per heavy atom. The van der Waals surface area contributed by atoms with Crippen LogP contribution in [0.5, 0.6) is 11.5 Å². The van der Waals surface area contributed by atoms with Crippen LogP contribution >= 0.6 is 0 Å². The van der Waals surface area contributed by atoms with Gasteiger partial charge in [0.15, 0.2) is 6.29 Å². The molecular weight excluding hydrogens is 300 g/mol. The summed E-state index contributed by atoms with van der Waals surface area (Å²) in [6.45, 7) is 0.475. The molecule has 0 spiro atoms. The number of rotatable bonds is 6. The summed E-state index contributed by atoms with van der Waals surface area (Å²) < 4.78 is 11.3. The van der Waals surface area contributed by atoms with Gasteiger partial charge >= 0.3 is 0 Å². The summed E-state index contributed by atoms with van der Waals surface area (Å²) in [7, 11) is 1.62. The van der Waals surface area contributed by atoms with E-state index >= 15 is 0 Å². The largest absolute Gasteiger partial charge is 0.497 e. The molecule has 3 aromatic rings. The first-order valence-electron chi connectivity index (χ1n) is 7.70. The quantitative estimate of drug-likeness (QED) is 0.615. The fourth-order valence-corrected chi connectivity index (χ4v) is 2.53. The minimum atomic E-state index is 0.475. The second kappa shape index (κ2) is 7.47. The Morgan fingerprint density at radius 1 is 0.875 bits per heavy atom. The molecule has 0 saturated heterocycles. The zero-order valence-electron chi connectivity index (χ0n) is 13.4. The summed E-state index contributed by atoms with van der Waals surface area (Å²) in [6.07, 6.45) is 0.860. The first kappa shape index (κ1) is 15.8. The molecule has 24 heavy (non-hydrogen) atoms. The van der Waals surface area contributed by atoms with Crippen LogP contribution in [0.2, 0.25) is 0 Å². The van der Waals surface area contributed by atoms with Gasteiger partial charge in [0.2, 0.25) is 0 Å². The van der Waals surface area contributed by atoms with E-state index in [1.165, 1.54) is 0 Å². The lowest BCUT2D eigenvalue weighted by Crippen LogP contribution is -1.96. The van der Waals surface area contributed by atoms with Crippen molar-refractivity contribution in [1.29, 1.82) is 0 Å². The van der Waals surface area contributed by atoms with Gasteiger partial charge < -0.3 is 9.47 Å². The molecule has 0 aromatic heterocycles. The van der Waals surface area contributed by atoms with Crippen molar-refractivity contribution in [3.63, 3.8) is 0 Å². The summed E-state index contributed by atoms with van der Waals surface area (Å²) in [6, 6.07) is 23.1. The van der Waals surface area contributed by atoms with Gasteiger partial charge in [0, 0.05) is 11.6 Å². The molecule has 120 valence electrons. The van der Waals surface area contributed by atoms with Crippen LogP contribution in [0.1, 0.15) is 15.9 Å². The molecule has 3 heteroatoms. The average Bonchev–Trinajstić information content (AvgIpc) is 2.66. The number of carbonyl (C=O) groups excluding carboxylic acids is 1. The molecule has 3 rings (SSSR count). The van der Waals surface area contributed by atoms with E-state index in [1.807, 2.05) is 66.7 Å². The van der Waals surface area contributed by atoms with Gasteiger partial charge in [-0.3, -0.25) is 4.79 Å². The number of methoxy groups -OCH3 is 1. The van der Waals surface area contributed by atoms with Gasteiger partial charge in [-0.25, -0.2) is 0 Å². The Labute approximate surface area is 141 Å². The third-order valence-corrected chi connectivity index (χ3v) is 3.76. The van der Waals surface area contributed by atoms with Gasteiger partial charge in [0.25, 0.3) is 0 Å². The molecule has 0 saturated carbocycles. The molecule has 0 N–H and O–H groups in total. The standard InChI is InChI=1S/C21H18O3/c1-23-19-11-18(21-10-6-5-9-17(21)14-22)12-20(13-19)24-15-16-7-3-2-4-8-16/h2-14H,15H2,1H3. The van der Waals surface area contributed by atoms with Crippen molar-refractivity contribution in [2.75, 3.05) is 7.11 Å². The number of hydrogen-bond acceptors (Lipinski definition) is 3. The Hall–Kier alpha value is -3.07. The molecular formula is C21H18O3. The maximum atomic E-state index is 11.3. The summed E-state index contributed by atoms with van der Waals surface area (Å²) in [5.41, 5.74) is 3.48. The molecule has 0 atom stereocenters. The van der Waals surface area contributed by atoms with E-state index < -0.39 is 0 Å². The van der Waals surface area contributed by atoms with E-state index in [2.05, 4.69) is 0 Å². The Kier molecular flexibility index (Phi) is 4.92. The Balaban J connectivity index is 1.92. The predicted octanol–water partition coefficient (Wildman–Crippen LogP) is 4.75. The van der Waals surface area contributed by atoms with E-state index in [1.54, 1.807) is 13.2 Å². The lowest BCUT2D eigenvalue weighted by Gasteiger charge is -2.12. The SMILES string of the molecule is COc1cc(OCc2ccccc2)cc(-c2ccccc2C=O)c1. The zero-order chi connectivity index (χ0) is 16.8. The van der Waals surface area contributed by atoms with Crippen molar-refractivity contribution in [1.82, 2.24) is 0 Å². The van der Waals surface area contributed by atoms with Crippen molar-refractivity contribution in [3.05, 3.63) is 83.9 Å². The third kappa shape index (κ3) is 3.63. The monoisotopic (exact) mass is 318 g/mol. The molecule has 0 unspecified atom stereocenters. The van der Waals surface area contributed by atoms with Crippen LogP contribution in [0, 0.1) is 0 Å². The minimum Gasteiger partial charge on any atom is -0.497 e. The van der Waals surface area contributed by atoms with E-state index in [-0.39, 0.29) is 0 Å². The number of benzene rings is 3. The molecule has 3 nitrogen and oxygen atoms in total. The fourth-order valence-electron chi connectivity index (χ4n) is 2.53. The van der Waals surface area contributed by atoms with Crippen molar-refractivity contribution < 1.29 is 14.3 Å². The normalized spacial score (nSPS) is 10.2. The van der Waals surface area contributed by atoms with E-state index in [4.69, 9.17) is 9.47 Å². The van der Waals surface area contributed by atoms with Crippen molar-refractivity contribution in [3.8, 4) is 22.6 Å². The molecule has 0 bridgehead atoms. The van der Waals surface area contributed by atoms with Gasteiger partial charge in [-0.2, -0.15) is 0 Å². The van der Waals surface area contributed by atoms with E-state index in [0.29, 0.717) is 23.7 Å². The van der Waals surface area contributed by atoms with Gasteiger partial charge in [0.05, 0.1) is 7.11 Å². The highest BCUT2D eigenvalue weighted by Crippen LogP contribution is 2.31. The summed E-state index contributed by atoms with van der Waals surface area (Å²) in [5, 5.41) is 0. The molecule has 0 heterocycles. The first-order valence-corrected chi connectivity index (χ1v) is 7.70. The molecule has 0 aliphatic carbocycles. The summed E-state index contributed by atoms with van der Waals surface area (Å²) >= 11 is 0. The van der Waals surface area contributed by atoms with Crippen molar-refractivity contribution >= 4 is 6.29 Å². The number of ether oxygens (including phenoxy) is 2. The topological polar surface area (TPSA) is 35.5 Å². The van der Waals surface area contributed by atoms with Crippen LogP contribution < -0.4 is 9.47 Å². The highest BCUT2D eigenvalue weighted by atomic mass is 16.5. The van der Waals surface area contributed by atoms with E-state index in [0.717, 1.165) is 23.0 Å². The molecule has 3 aromatic carbocycles. The van der Waals surface area contributed by atoms with Gasteiger partial charge in [0.1, 0.15) is 18.1 Å². The lowest BCUT2D eigenvalue weighted by molar-refractivity contribution is 0.112. The van der Waals surface area contributed by atoms with Crippen LogP contribution in [0.4, 0.5) is 0 Å². The highest BCUT2D eigenvalue weighted by Gasteiger charge is 2.08. The second-order valence-electron chi connectivity index (χ2n) is 5.38. The second-order valence-corrected chi connectivity index (χ2v) is 5.38. The van der Waals surface area contributed by atoms with Crippen LogP contribution in [0.25, 0.3) is 11.1 Å². The smallest absolute Gasteiger partial charge is 0.150 e. The number of hydrogen-bond donors (Lipinski definition) is 0. The van der Waals surface area contributed by atoms with Gasteiger partial charge in [-0.15, -0.1) is 0 Å². The van der Waals surface area contributed by atoms with Crippen molar-refractivity contribution in [2.45, 2.75) is 6.61 Å². The minimum absolute atomic E-state index is 0.475. The van der Waals surface area contributed by atoms with Crippen molar-refractivity contribution in [2.24, 2.45) is 0 Å². The summed E-state index contributed by atoms with van der Waals surface area (Å²) in [5.74, 6) is 1.39. The number of aldehydes is 1. The highest BCUT2D eigenvalue weighted by molar-refractivity contribution is 5.88. The lowest BCUT2D eigenvalue weighted by atomic mass is 10.00. The van der Waals surface area contributed by atoms with Crippen LogP contribution in [0.3, 0.4) is 0 Å². The first-order chi connectivity index (χ1) is 11.8. The molecule has 0 radical (unpaired) electrons. The Morgan fingerprint density at radius 3 is 2.33 bits per heavy atom. The molecule has 0 amide bonds. The zero-order valence-corrected chi connectivity index (χ0v) is 13.4. The number of carbonyl (C=O) groups is 1.